The Balaban J connectivity index is 1.62. The molecule has 0 aliphatic rings. The summed E-state index contributed by atoms with van der Waals surface area (Å²) in [6.07, 6.45) is 1.69. The van der Waals surface area contributed by atoms with Crippen LogP contribution in [-0.4, -0.2) is 46.6 Å². The number of hydrogen-bond acceptors (Lipinski definition) is 5. The highest BCUT2D eigenvalue weighted by Gasteiger charge is 2.12. The summed E-state index contributed by atoms with van der Waals surface area (Å²) < 4.78 is 7.35. The largest absolute Gasteiger partial charge is 0.496 e. The third kappa shape index (κ3) is 3.69. The molecule has 1 N–H and O–H groups in total. The smallest absolute Gasteiger partial charge is 0.253 e. The lowest BCUT2D eigenvalue weighted by Crippen LogP contribution is -2.21. The predicted octanol–water partition coefficient (Wildman–Crippen LogP) is 3.72. The second kappa shape index (κ2) is 8.24. The van der Waals surface area contributed by atoms with Gasteiger partial charge in [0.15, 0.2) is 5.65 Å². The highest BCUT2D eigenvalue weighted by atomic mass is 16.5. The topological polar surface area (TPSA) is 71.8 Å². The third-order valence-corrected chi connectivity index (χ3v) is 4.96. The summed E-state index contributed by atoms with van der Waals surface area (Å²) in [7, 11) is 5.16. The molecular formula is C23H23N5O2. The van der Waals surface area contributed by atoms with E-state index in [1.165, 1.54) is 0 Å². The van der Waals surface area contributed by atoms with Crippen LogP contribution in [0.15, 0.2) is 67.0 Å². The number of methoxy groups -OCH3 is 1. The Kier molecular flexibility index (Phi) is 5.34. The van der Waals surface area contributed by atoms with E-state index < -0.39 is 0 Å². The van der Waals surface area contributed by atoms with Gasteiger partial charge in [-0.15, -0.1) is 10.2 Å². The van der Waals surface area contributed by atoms with Crippen molar-refractivity contribution >= 4 is 17.4 Å². The summed E-state index contributed by atoms with van der Waals surface area (Å²) in [6.45, 7) is 0.609. The van der Waals surface area contributed by atoms with E-state index in [2.05, 4.69) is 15.5 Å². The van der Waals surface area contributed by atoms with Gasteiger partial charge < -0.3 is 15.0 Å². The molecule has 0 fully saturated rings. The Morgan fingerprint density at radius 1 is 1.07 bits per heavy atom. The number of rotatable bonds is 6. The maximum Gasteiger partial charge on any atom is 0.253 e. The molecule has 7 heteroatoms. The predicted molar refractivity (Wildman–Crippen MR) is 117 cm³/mol. The molecule has 30 heavy (non-hydrogen) atoms. The number of carbonyl (C=O) groups excluding carboxylic acids is 1. The number of carbonyl (C=O) groups is 1. The fraction of sp³-hybridized carbons (Fsp3) is 0.174. The Bertz CT molecular complexity index is 1180. The molecular weight excluding hydrogens is 378 g/mol. The lowest BCUT2D eigenvalue weighted by atomic mass is 10.0. The summed E-state index contributed by atoms with van der Waals surface area (Å²) in [6, 6.07) is 19.5. The van der Waals surface area contributed by atoms with Crippen LogP contribution < -0.4 is 10.1 Å². The molecule has 0 spiro atoms. The van der Waals surface area contributed by atoms with Crippen LogP contribution in [0.2, 0.25) is 0 Å². The van der Waals surface area contributed by atoms with E-state index in [1.807, 2.05) is 65.1 Å². The number of nitrogens with one attached hydrogen (secondary N) is 1. The molecule has 0 saturated heterocycles. The van der Waals surface area contributed by atoms with Crippen LogP contribution in [0.25, 0.3) is 16.8 Å². The van der Waals surface area contributed by atoms with Crippen molar-refractivity contribution in [1.82, 2.24) is 19.5 Å². The van der Waals surface area contributed by atoms with Crippen molar-refractivity contribution in [3.05, 3.63) is 78.1 Å². The van der Waals surface area contributed by atoms with Crippen LogP contribution in [0, 0.1) is 0 Å². The maximum atomic E-state index is 12.1. The SMILES string of the molecule is COc1ccccc1CNc1ccc(-c2ccc(C(=O)N(C)C)cc2)c2nncn12. The van der Waals surface area contributed by atoms with Crippen molar-refractivity contribution in [2.75, 3.05) is 26.5 Å². The Hall–Kier alpha value is -3.87. The van der Waals surface area contributed by atoms with Crippen LogP contribution in [0.3, 0.4) is 0 Å². The van der Waals surface area contributed by atoms with Crippen molar-refractivity contribution < 1.29 is 9.53 Å². The van der Waals surface area contributed by atoms with Crippen LogP contribution in [0.4, 0.5) is 5.82 Å². The molecule has 0 atom stereocenters. The standard InChI is InChI=1S/C23H23N5O2/c1-27(2)23(29)17-10-8-16(9-11-17)19-12-13-21(28-15-25-26-22(19)28)24-14-18-6-4-5-7-20(18)30-3/h4-13,15,24H,14H2,1-3H3. The summed E-state index contributed by atoms with van der Waals surface area (Å²) in [5.74, 6) is 1.70. The highest BCUT2D eigenvalue weighted by molar-refractivity contribution is 5.94. The number of pyridine rings is 1. The molecule has 1 amide bonds. The Morgan fingerprint density at radius 2 is 1.83 bits per heavy atom. The lowest BCUT2D eigenvalue weighted by molar-refractivity contribution is 0.0827. The van der Waals surface area contributed by atoms with E-state index >= 15 is 0 Å². The van der Waals surface area contributed by atoms with Gasteiger partial charge in [-0.2, -0.15) is 0 Å². The molecule has 0 saturated carbocycles. The summed E-state index contributed by atoms with van der Waals surface area (Å²) in [5.41, 5.74) is 4.37. The molecule has 4 rings (SSSR count). The third-order valence-electron chi connectivity index (χ3n) is 4.96. The van der Waals surface area contributed by atoms with Gasteiger partial charge in [-0.05, 0) is 35.9 Å². The number of para-hydroxylation sites is 1. The minimum absolute atomic E-state index is 0.0231. The van der Waals surface area contributed by atoms with Crippen molar-refractivity contribution in [2.45, 2.75) is 6.54 Å². The second-order valence-corrected chi connectivity index (χ2v) is 7.10. The van der Waals surface area contributed by atoms with Crippen LogP contribution in [0.1, 0.15) is 15.9 Å². The molecule has 0 aliphatic heterocycles. The van der Waals surface area contributed by atoms with Crippen LogP contribution >= 0.6 is 0 Å². The van der Waals surface area contributed by atoms with Gasteiger partial charge in [0.2, 0.25) is 0 Å². The second-order valence-electron chi connectivity index (χ2n) is 7.10. The van der Waals surface area contributed by atoms with Crippen LogP contribution in [0.5, 0.6) is 5.75 Å². The van der Waals surface area contributed by atoms with E-state index in [-0.39, 0.29) is 5.91 Å². The average Bonchev–Trinajstić information content (AvgIpc) is 3.27. The summed E-state index contributed by atoms with van der Waals surface area (Å²) in [4.78, 5) is 13.7. The first-order valence-corrected chi connectivity index (χ1v) is 9.59. The fourth-order valence-corrected chi connectivity index (χ4v) is 3.37. The first-order chi connectivity index (χ1) is 14.6. The number of aromatic nitrogens is 3. The van der Waals surface area contributed by atoms with Gasteiger partial charge in [-0.3, -0.25) is 9.20 Å². The zero-order valence-electron chi connectivity index (χ0n) is 17.2. The van der Waals surface area contributed by atoms with Gasteiger partial charge in [0.05, 0.1) is 7.11 Å². The Morgan fingerprint density at radius 3 is 2.57 bits per heavy atom. The Labute approximate surface area is 174 Å². The van der Waals surface area contributed by atoms with Gasteiger partial charge in [-0.1, -0.05) is 30.3 Å². The highest BCUT2D eigenvalue weighted by Crippen LogP contribution is 2.27. The van der Waals surface area contributed by atoms with Crippen molar-refractivity contribution in [3.8, 4) is 16.9 Å². The van der Waals surface area contributed by atoms with E-state index in [4.69, 9.17) is 4.74 Å². The van der Waals surface area contributed by atoms with E-state index in [0.29, 0.717) is 12.1 Å². The molecule has 2 aromatic carbocycles. The molecule has 0 aliphatic carbocycles. The molecule has 7 nitrogen and oxygen atoms in total. The van der Waals surface area contributed by atoms with Gasteiger partial charge in [0.1, 0.15) is 17.9 Å². The number of fused-ring (bicyclic) bond motifs is 1. The van der Waals surface area contributed by atoms with Gasteiger partial charge >= 0.3 is 0 Å². The first kappa shape index (κ1) is 19.4. The fourth-order valence-electron chi connectivity index (χ4n) is 3.37. The molecule has 0 bridgehead atoms. The monoisotopic (exact) mass is 401 g/mol. The van der Waals surface area contributed by atoms with Crippen molar-refractivity contribution in [1.29, 1.82) is 0 Å². The summed E-state index contributed by atoms with van der Waals surface area (Å²) in [5, 5.41) is 11.8. The zero-order valence-corrected chi connectivity index (χ0v) is 17.2. The number of hydrogen-bond donors (Lipinski definition) is 1. The number of amides is 1. The molecule has 0 radical (unpaired) electrons. The van der Waals surface area contributed by atoms with Crippen molar-refractivity contribution in [2.24, 2.45) is 0 Å². The van der Waals surface area contributed by atoms with Gasteiger partial charge in [0.25, 0.3) is 5.91 Å². The van der Waals surface area contributed by atoms with Crippen LogP contribution in [-0.2, 0) is 6.54 Å². The lowest BCUT2D eigenvalue weighted by Gasteiger charge is -2.13. The number of benzene rings is 2. The van der Waals surface area contributed by atoms with E-state index in [9.17, 15) is 4.79 Å². The normalized spacial score (nSPS) is 10.8. The van der Waals surface area contributed by atoms with Gasteiger partial charge in [-0.25, -0.2) is 0 Å². The minimum atomic E-state index is -0.0231. The molecule has 2 aromatic heterocycles. The van der Waals surface area contributed by atoms with Crippen molar-refractivity contribution in [3.63, 3.8) is 0 Å². The number of anilines is 1. The summed E-state index contributed by atoms with van der Waals surface area (Å²) >= 11 is 0. The van der Waals surface area contributed by atoms with Gasteiger partial charge in [0, 0.05) is 37.3 Å². The van der Waals surface area contributed by atoms with E-state index in [1.54, 1.807) is 32.4 Å². The van der Waals surface area contributed by atoms with E-state index in [0.717, 1.165) is 33.9 Å². The number of nitrogens with zero attached hydrogens (tertiary/aromatic N) is 4. The average molecular weight is 401 g/mol. The quantitative estimate of drug-likeness (QED) is 0.533. The molecule has 4 aromatic rings. The first-order valence-electron chi connectivity index (χ1n) is 9.59. The minimum Gasteiger partial charge on any atom is -0.496 e. The maximum absolute atomic E-state index is 12.1. The molecule has 152 valence electrons. The zero-order chi connectivity index (χ0) is 21.1. The molecule has 0 unspecified atom stereocenters. The number of ether oxygens (including phenoxy) is 1. The molecule has 2 heterocycles.